The maximum Gasteiger partial charge on any atom is 0.190 e. The molecular formula is C14H22O3. The Balaban J connectivity index is 2.55. The molecule has 0 heterocycles. The van der Waals surface area contributed by atoms with Crippen LogP contribution in [0, 0.1) is 0 Å². The van der Waals surface area contributed by atoms with Crippen molar-refractivity contribution in [2.75, 3.05) is 6.61 Å². The Morgan fingerprint density at radius 1 is 1.12 bits per heavy atom. The van der Waals surface area contributed by atoms with E-state index in [-0.39, 0.29) is 6.29 Å². The highest BCUT2D eigenvalue weighted by Gasteiger charge is 2.24. The van der Waals surface area contributed by atoms with E-state index in [1.165, 1.54) is 0 Å². The summed E-state index contributed by atoms with van der Waals surface area (Å²) in [5.41, 5.74) is 0.595. The van der Waals surface area contributed by atoms with Gasteiger partial charge in [-0.05, 0) is 32.8 Å². The summed E-state index contributed by atoms with van der Waals surface area (Å²) in [7, 11) is 0. The summed E-state index contributed by atoms with van der Waals surface area (Å²) in [6, 6.07) is 9.99. The zero-order valence-electron chi connectivity index (χ0n) is 11.1. The van der Waals surface area contributed by atoms with Gasteiger partial charge in [-0.2, -0.15) is 0 Å². The van der Waals surface area contributed by atoms with Crippen LogP contribution < -0.4 is 0 Å². The van der Waals surface area contributed by atoms with Crippen LogP contribution >= 0.6 is 0 Å². The van der Waals surface area contributed by atoms with Crippen molar-refractivity contribution in [3.8, 4) is 0 Å². The Morgan fingerprint density at radius 2 is 1.76 bits per heavy atom. The third-order valence-electron chi connectivity index (χ3n) is 2.52. The molecule has 0 saturated carbocycles. The van der Waals surface area contributed by atoms with Crippen LogP contribution in [0.5, 0.6) is 0 Å². The number of ether oxygens (including phenoxy) is 1. The van der Waals surface area contributed by atoms with E-state index < -0.39 is 5.60 Å². The molecule has 17 heavy (non-hydrogen) atoms. The molecule has 1 atom stereocenters. The summed E-state index contributed by atoms with van der Waals surface area (Å²) in [4.78, 5) is 10.8. The van der Waals surface area contributed by atoms with E-state index >= 15 is 0 Å². The van der Waals surface area contributed by atoms with Crippen molar-refractivity contribution in [3.63, 3.8) is 0 Å². The highest BCUT2D eigenvalue weighted by molar-refractivity contribution is 5.20. The molecule has 96 valence electrons. The first-order valence-corrected chi connectivity index (χ1v) is 6.11. The topological polar surface area (TPSA) is 27.7 Å². The van der Waals surface area contributed by atoms with Crippen molar-refractivity contribution < 1.29 is 14.5 Å². The van der Waals surface area contributed by atoms with E-state index in [2.05, 4.69) is 0 Å². The molecule has 1 aromatic carbocycles. The first-order valence-electron chi connectivity index (χ1n) is 6.11. The average Bonchev–Trinajstić information content (AvgIpc) is 2.35. The van der Waals surface area contributed by atoms with Crippen molar-refractivity contribution in [3.05, 3.63) is 35.9 Å². The van der Waals surface area contributed by atoms with Gasteiger partial charge in [-0.15, -0.1) is 0 Å². The fourth-order valence-electron chi connectivity index (χ4n) is 1.46. The van der Waals surface area contributed by atoms with Crippen LogP contribution in [0.1, 0.15) is 39.7 Å². The number of rotatable bonds is 7. The maximum atomic E-state index is 5.50. The van der Waals surface area contributed by atoms with Gasteiger partial charge in [-0.1, -0.05) is 37.3 Å². The molecule has 0 spiro atoms. The summed E-state index contributed by atoms with van der Waals surface area (Å²) in [6.45, 7) is 8.50. The lowest BCUT2D eigenvalue weighted by atomic mass is 9.99. The summed E-state index contributed by atoms with van der Waals surface area (Å²) in [5, 5.41) is 0. The molecule has 1 rings (SSSR count). The lowest BCUT2D eigenvalue weighted by Crippen LogP contribution is -2.26. The molecule has 1 unspecified atom stereocenters. The quantitative estimate of drug-likeness (QED) is 0.412. The SMILES string of the molecule is CCOC(CC)OOC(C)(C)c1ccccc1. The van der Waals surface area contributed by atoms with E-state index in [0.717, 1.165) is 12.0 Å². The predicted octanol–water partition coefficient (Wildman–Crippen LogP) is 3.64. The minimum absolute atomic E-state index is 0.303. The van der Waals surface area contributed by atoms with Crippen LogP contribution in [0.3, 0.4) is 0 Å². The zero-order chi connectivity index (χ0) is 12.7. The molecule has 0 aliphatic carbocycles. The number of hydrogen-bond acceptors (Lipinski definition) is 3. The van der Waals surface area contributed by atoms with Crippen LogP contribution in [0.4, 0.5) is 0 Å². The molecular weight excluding hydrogens is 216 g/mol. The molecule has 1 aromatic rings. The minimum Gasteiger partial charge on any atom is -0.350 e. The average molecular weight is 238 g/mol. The fraction of sp³-hybridized carbons (Fsp3) is 0.571. The van der Waals surface area contributed by atoms with E-state index in [1.807, 2.05) is 58.0 Å². The van der Waals surface area contributed by atoms with E-state index in [1.54, 1.807) is 0 Å². The van der Waals surface area contributed by atoms with Gasteiger partial charge in [-0.3, -0.25) is 0 Å². The fourth-order valence-corrected chi connectivity index (χ4v) is 1.46. The van der Waals surface area contributed by atoms with Crippen molar-refractivity contribution >= 4 is 0 Å². The second-order valence-electron chi connectivity index (χ2n) is 4.35. The highest BCUT2D eigenvalue weighted by Crippen LogP contribution is 2.25. The largest absolute Gasteiger partial charge is 0.350 e. The van der Waals surface area contributed by atoms with Gasteiger partial charge < -0.3 is 4.74 Å². The second-order valence-corrected chi connectivity index (χ2v) is 4.35. The van der Waals surface area contributed by atoms with Gasteiger partial charge in [-0.25, -0.2) is 9.78 Å². The van der Waals surface area contributed by atoms with Gasteiger partial charge in [0.15, 0.2) is 6.29 Å². The van der Waals surface area contributed by atoms with Crippen molar-refractivity contribution in [1.82, 2.24) is 0 Å². The Morgan fingerprint density at radius 3 is 2.29 bits per heavy atom. The first-order chi connectivity index (χ1) is 8.10. The van der Waals surface area contributed by atoms with Crippen LogP contribution in [-0.4, -0.2) is 12.9 Å². The molecule has 3 heteroatoms. The van der Waals surface area contributed by atoms with Gasteiger partial charge in [0, 0.05) is 6.61 Å². The van der Waals surface area contributed by atoms with Crippen molar-refractivity contribution in [2.24, 2.45) is 0 Å². The van der Waals surface area contributed by atoms with Crippen LogP contribution in [0.15, 0.2) is 30.3 Å². The van der Waals surface area contributed by atoms with E-state index in [9.17, 15) is 0 Å². The number of benzene rings is 1. The molecule has 0 bridgehead atoms. The van der Waals surface area contributed by atoms with E-state index in [0.29, 0.717) is 6.61 Å². The highest BCUT2D eigenvalue weighted by atomic mass is 17.2. The Kier molecular flexibility index (Phi) is 5.62. The minimum atomic E-state index is -0.480. The summed E-state index contributed by atoms with van der Waals surface area (Å²) in [6.07, 6.45) is 0.460. The smallest absolute Gasteiger partial charge is 0.190 e. The molecule has 3 nitrogen and oxygen atoms in total. The van der Waals surface area contributed by atoms with Gasteiger partial charge >= 0.3 is 0 Å². The molecule has 0 N–H and O–H groups in total. The maximum absolute atomic E-state index is 5.50. The van der Waals surface area contributed by atoms with Crippen LogP contribution in [0.2, 0.25) is 0 Å². The first kappa shape index (κ1) is 14.2. The summed E-state index contributed by atoms with van der Waals surface area (Å²) >= 11 is 0. The van der Waals surface area contributed by atoms with Crippen molar-refractivity contribution in [2.45, 2.75) is 46.0 Å². The monoisotopic (exact) mass is 238 g/mol. The summed E-state index contributed by atoms with van der Waals surface area (Å²) < 4.78 is 5.38. The molecule has 0 aliphatic heterocycles. The lowest BCUT2D eigenvalue weighted by Gasteiger charge is -2.26. The normalized spacial score (nSPS) is 13.6. The third kappa shape index (κ3) is 4.46. The van der Waals surface area contributed by atoms with Crippen LogP contribution in [-0.2, 0) is 20.1 Å². The van der Waals surface area contributed by atoms with Gasteiger partial charge in [0.25, 0.3) is 0 Å². The summed E-state index contributed by atoms with van der Waals surface area (Å²) in [5.74, 6) is 0. The molecule has 0 fully saturated rings. The molecule has 0 saturated heterocycles. The molecule has 0 radical (unpaired) electrons. The van der Waals surface area contributed by atoms with Gasteiger partial charge in [0.05, 0.1) is 0 Å². The Bertz CT molecular complexity index is 309. The van der Waals surface area contributed by atoms with Crippen LogP contribution in [0.25, 0.3) is 0 Å². The second kappa shape index (κ2) is 6.74. The predicted molar refractivity (Wildman–Crippen MR) is 67.3 cm³/mol. The molecule has 0 aliphatic rings. The van der Waals surface area contributed by atoms with Gasteiger partial charge in [0.2, 0.25) is 0 Å². The lowest BCUT2D eigenvalue weighted by molar-refractivity contribution is -0.423. The number of hydrogen-bond donors (Lipinski definition) is 0. The van der Waals surface area contributed by atoms with Gasteiger partial charge in [0.1, 0.15) is 5.60 Å². The van der Waals surface area contributed by atoms with E-state index in [4.69, 9.17) is 14.5 Å². The molecule has 0 amide bonds. The third-order valence-corrected chi connectivity index (χ3v) is 2.52. The van der Waals surface area contributed by atoms with Crippen molar-refractivity contribution in [1.29, 1.82) is 0 Å². The Hall–Kier alpha value is -0.900. The zero-order valence-corrected chi connectivity index (χ0v) is 11.1. The Labute approximate surface area is 104 Å². The standard InChI is InChI=1S/C14H22O3/c1-5-13(15-6-2)16-17-14(3,4)12-10-8-7-9-11-12/h7-11,13H,5-6H2,1-4H3. The molecule has 0 aromatic heterocycles.